The number of hydrogen-bond donors (Lipinski definition) is 1. The minimum Gasteiger partial charge on any atom is -0.411 e. The van der Waals surface area contributed by atoms with E-state index in [0.717, 1.165) is 33.6 Å². The highest BCUT2D eigenvalue weighted by atomic mass is 32.2. The molecule has 8 nitrogen and oxygen atoms in total. The molecule has 0 saturated heterocycles. The number of amides is 1. The molecule has 9 heteroatoms. The van der Waals surface area contributed by atoms with Crippen molar-refractivity contribution in [1.29, 1.82) is 0 Å². The molecule has 1 N–H and O–H groups in total. The van der Waals surface area contributed by atoms with Gasteiger partial charge in [0, 0.05) is 29.6 Å². The summed E-state index contributed by atoms with van der Waals surface area (Å²) in [6.45, 7) is 4.10. The molecule has 0 fully saturated rings. The van der Waals surface area contributed by atoms with Crippen LogP contribution in [0.5, 0.6) is 0 Å². The van der Waals surface area contributed by atoms with Crippen molar-refractivity contribution in [3.05, 3.63) is 90.3 Å². The predicted octanol–water partition coefficient (Wildman–Crippen LogP) is 5.33. The van der Waals surface area contributed by atoms with Gasteiger partial charge in [-0.2, -0.15) is 5.10 Å². The molecule has 0 bridgehead atoms. The normalized spacial score (nSPS) is 10.9. The number of pyridine rings is 1. The van der Waals surface area contributed by atoms with Gasteiger partial charge in [0.2, 0.25) is 11.8 Å². The van der Waals surface area contributed by atoms with Crippen molar-refractivity contribution in [2.75, 3.05) is 11.1 Å². The van der Waals surface area contributed by atoms with E-state index in [2.05, 4.69) is 52.5 Å². The zero-order valence-electron chi connectivity index (χ0n) is 19.2. The van der Waals surface area contributed by atoms with Gasteiger partial charge in [0.25, 0.3) is 5.22 Å². The molecule has 35 heavy (non-hydrogen) atoms. The van der Waals surface area contributed by atoms with Crippen molar-refractivity contribution in [2.45, 2.75) is 19.1 Å². The van der Waals surface area contributed by atoms with Crippen LogP contribution in [0.4, 0.5) is 5.82 Å². The van der Waals surface area contributed by atoms with Crippen molar-refractivity contribution in [1.82, 2.24) is 25.0 Å². The molecule has 0 spiro atoms. The highest BCUT2D eigenvalue weighted by Crippen LogP contribution is 2.28. The lowest BCUT2D eigenvalue weighted by Crippen LogP contribution is -2.16. The van der Waals surface area contributed by atoms with Crippen molar-refractivity contribution in [2.24, 2.45) is 0 Å². The SMILES string of the molecule is Cc1ccc(C)c(-c2cc(NC(=O)CSc3nnc(-c4ccncc4)o3)n(-c3ccccc3)n2)c1. The van der Waals surface area contributed by atoms with Crippen molar-refractivity contribution in [3.8, 4) is 28.4 Å². The lowest BCUT2D eigenvalue weighted by atomic mass is 10.0. The van der Waals surface area contributed by atoms with E-state index < -0.39 is 0 Å². The van der Waals surface area contributed by atoms with E-state index in [9.17, 15) is 4.79 Å². The second-order valence-electron chi connectivity index (χ2n) is 7.93. The highest BCUT2D eigenvalue weighted by molar-refractivity contribution is 7.99. The van der Waals surface area contributed by atoms with Gasteiger partial charge in [0.05, 0.1) is 17.1 Å². The molecule has 5 rings (SSSR count). The second-order valence-corrected chi connectivity index (χ2v) is 8.85. The molecule has 5 aromatic rings. The van der Waals surface area contributed by atoms with Crippen LogP contribution < -0.4 is 5.32 Å². The quantitative estimate of drug-likeness (QED) is 0.313. The fourth-order valence-electron chi connectivity index (χ4n) is 3.57. The van der Waals surface area contributed by atoms with Gasteiger partial charge in [-0.1, -0.05) is 47.7 Å². The molecule has 0 aliphatic rings. The second kappa shape index (κ2) is 9.94. The Balaban J connectivity index is 1.35. The number of carbonyl (C=O) groups is 1. The summed E-state index contributed by atoms with van der Waals surface area (Å²) < 4.78 is 7.41. The molecule has 174 valence electrons. The average molecular weight is 483 g/mol. The maximum Gasteiger partial charge on any atom is 0.277 e. The summed E-state index contributed by atoms with van der Waals surface area (Å²) >= 11 is 1.17. The van der Waals surface area contributed by atoms with Crippen LogP contribution in [0.1, 0.15) is 11.1 Å². The van der Waals surface area contributed by atoms with E-state index in [1.165, 1.54) is 11.8 Å². The fourth-order valence-corrected chi connectivity index (χ4v) is 4.13. The number of nitrogens with one attached hydrogen (secondary N) is 1. The number of benzene rings is 2. The first-order chi connectivity index (χ1) is 17.1. The van der Waals surface area contributed by atoms with Gasteiger partial charge in [-0.15, -0.1) is 10.2 Å². The number of hydrogen-bond acceptors (Lipinski definition) is 7. The van der Waals surface area contributed by atoms with Crippen molar-refractivity contribution in [3.63, 3.8) is 0 Å². The average Bonchev–Trinajstić information content (AvgIpc) is 3.53. The van der Waals surface area contributed by atoms with Gasteiger partial charge in [-0.3, -0.25) is 9.78 Å². The Labute approximate surface area is 206 Å². The molecular formula is C26H22N6O2S. The smallest absolute Gasteiger partial charge is 0.277 e. The fraction of sp³-hybridized carbons (Fsp3) is 0.115. The van der Waals surface area contributed by atoms with E-state index in [1.807, 2.05) is 36.4 Å². The molecule has 0 atom stereocenters. The summed E-state index contributed by atoms with van der Waals surface area (Å²) in [6, 6.07) is 21.4. The van der Waals surface area contributed by atoms with Crippen LogP contribution in [0.3, 0.4) is 0 Å². The van der Waals surface area contributed by atoms with Crippen LogP contribution in [0.15, 0.2) is 88.8 Å². The Morgan fingerprint density at radius 2 is 1.80 bits per heavy atom. The van der Waals surface area contributed by atoms with Crippen LogP contribution in [-0.2, 0) is 4.79 Å². The third-order valence-corrected chi connectivity index (χ3v) is 6.13. The number of para-hydroxylation sites is 1. The molecule has 1 amide bonds. The Hall–Kier alpha value is -4.24. The minimum absolute atomic E-state index is 0.108. The maximum atomic E-state index is 12.8. The predicted molar refractivity (Wildman–Crippen MR) is 135 cm³/mol. The van der Waals surface area contributed by atoms with E-state index in [4.69, 9.17) is 9.52 Å². The van der Waals surface area contributed by atoms with Gasteiger partial charge in [0.1, 0.15) is 5.82 Å². The topological polar surface area (TPSA) is 98.7 Å². The maximum absolute atomic E-state index is 12.8. The van der Waals surface area contributed by atoms with Crippen LogP contribution in [0.25, 0.3) is 28.4 Å². The first kappa shape index (κ1) is 22.5. The van der Waals surface area contributed by atoms with Crippen LogP contribution in [0, 0.1) is 13.8 Å². The van der Waals surface area contributed by atoms with Gasteiger partial charge in [-0.25, -0.2) is 4.68 Å². The lowest BCUT2D eigenvalue weighted by molar-refractivity contribution is -0.113. The number of rotatable bonds is 7. The minimum atomic E-state index is -0.205. The molecule has 0 radical (unpaired) electrons. The van der Waals surface area contributed by atoms with Crippen LogP contribution in [-0.4, -0.2) is 36.6 Å². The Kier molecular flexibility index (Phi) is 6.40. The van der Waals surface area contributed by atoms with E-state index in [0.29, 0.717) is 16.9 Å². The summed E-state index contributed by atoms with van der Waals surface area (Å²) in [4.78, 5) is 16.8. The molecule has 3 aromatic heterocycles. The van der Waals surface area contributed by atoms with Gasteiger partial charge >= 0.3 is 0 Å². The summed E-state index contributed by atoms with van der Waals surface area (Å²) in [7, 11) is 0. The third kappa shape index (κ3) is 5.15. The van der Waals surface area contributed by atoms with Crippen molar-refractivity contribution >= 4 is 23.5 Å². The standard InChI is InChI=1S/C26H22N6O2S/c1-17-8-9-18(2)21(14-17)22-15-23(32(31-22)20-6-4-3-5-7-20)28-24(33)16-35-26-30-29-25(34-26)19-10-12-27-13-11-19/h3-15H,16H2,1-2H3,(H,28,33). The van der Waals surface area contributed by atoms with Gasteiger partial charge < -0.3 is 9.73 Å². The van der Waals surface area contributed by atoms with E-state index in [-0.39, 0.29) is 11.7 Å². The van der Waals surface area contributed by atoms with Gasteiger partial charge in [0.15, 0.2) is 0 Å². The summed E-state index contributed by atoms with van der Waals surface area (Å²) in [5.74, 6) is 0.871. The first-order valence-electron chi connectivity index (χ1n) is 11.0. The number of anilines is 1. The Bertz CT molecular complexity index is 1460. The van der Waals surface area contributed by atoms with E-state index in [1.54, 1.807) is 29.2 Å². The number of thioether (sulfide) groups is 1. The summed E-state index contributed by atoms with van der Waals surface area (Å²) in [6.07, 6.45) is 3.31. The number of nitrogens with zero attached hydrogens (tertiary/aromatic N) is 5. The van der Waals surface area contributed by atoms with Crippen LogP contribution >= 0.6 is 11.8 Å². The van der Waals surface area contributed by atoms with Gasteiger partial charge in [-0.05, 0) is 49.7 Å². The van der Waals surface area contributed by atoms with Crippen LogP contribution in [0.2, 0.25) is 0 Å². The Morgan fingerprint density at radius 3 is 2.60 bits per heavy atom. The first-order valence-corrected chi connectivity index (χ1v) is 11.9. The zero-order chi connectivity index (χ0) is 24.2. The largest absolute Gasteiger partial charge is 0.411 e. The highest BCUT2D eigenvalue weighted by Gasteiger charge is 2.17. The Morgan fingerprint density at radius 1 is 1.00 bits per heavy atom. The molecule has 0 aliphatic carbocycles. The third-order valence-electron chi connectivity index (χ3n) is 5.31. The number of aromatic nitrogens is 5. The lowest BCUT2D eigenvalue weighted by Gasteiger charge is -2.08. The number of aryl methyl sites for hydroxylation is 2. The monoisotopic (exact) mass is 482 g/mol. The molecule has 0 unspecified atom stereocenters. The number of carbonyl (C=O) groups excluding carboxylic acids is 1. The molecule has 3 heterocycles. The van der Waals surface area contributed by atoms with Crippen molar-refractivity contribution < 1.29 is 9.21 Å². The molecular weight excluding hydrogens is 460 g/mol. The summed E-state index contributed by atoms with van der Waals surface area (Å²) in [5.41, 5.74) is 5.70. The molecule has 0 aliphatic heterocycles. The molecule has 0 saturated carbocycles. The summed E-state index contributed by atoms with van der Waals surface area (Å²) in [5, 5.41) is 16.2. The zero-order valence-corrected chi connectivity index (χ0v) is 20.0. The van der Waals surface area contributed by atoms with E-state index >= 15 is 0 Å². The molecule has 2 aromatic carbocycles.